The van der Waals surface area contributed by atoms with Crippen molar-refractivity contribution in [3.05, 3.63) is 0 Å². The lowest BCUT2D eigenvalue weighted by Gasteiger charge is -2.25. The molecule has 1 atom stereocenters. The molecule has 16 heavy (non-hydrogen) atoms. The summed E-state index contributed by atoms with van der Waals surface area (Å²) in [5.74, 6) is 1.34. The van der Waals surface area contributed by atoms with Crippen LogP contribution in [-0.2, 0) is 4.79 Å². The van der Waals surface area contributed by atoms with Crippen LogP contribution in [-0.4, -0.2) is 17.8 Å². The zero-order valence-corrected chi connectivity index (χ0v) is 11.2. The zero-order valence-electron chi connectivity index (χ0n) is 10.5. The van der Waals surface area contributed by atoms with E-state index >= 15 is 0 Å². The molecule has 94 valence electrons. The molecule has 0 aromatic rings. The molecule has 1 rings (SSSR count). The second kappa shape index (κ2) is 7.16. The first-order valence-electron chi connectivity index (χ1n) is 6.58. The number of carbonyl (C=O) groups is 1. The average Bonchev–Trinajstić information content (AvgIpc) is 2.22. The Morgan fingerprint density at radius 3 is 2.44 bits per heavy atom. The third kappa shape index (κ3) is 4.32. The van der Waals surface area contributed by atoms with Gasteiger partial charge in [0, 0.05) is 13.0 Å². The molecular weight excluding hydrogens is 222 g/mol. The summed E-state index contributed by atoms with van der Waals surface area (Å²) in [5, 5.41) is 3.04. The maximum Gasteiger partial charge on any atom is 0.220 e. The van der Waals surface area contributed by atoms with Gasteiger partial charge in [0.2, 0.25) is 5.91 Å². The van der Waals surface area contributed by atoms with Crippen molar-refractivity contribution in [2.24, 2.45) is 11.8 Å². The molecule has 0 aromatic carbocycles. The van der Waals surface area contributed by atoms with E-state index in [0.717, 1.165) is 12.8 Å². The minimum Gasteiger partial charge on any atom is -0.355 e. The number of nitrogens with one attached hydrogen (secondary N) is 1. The van der Waals surface area contributed by atoms with Gasteiger partial charge < -0.3 is 5.32 Å². The molecule has 2 nitrogen and oxygen atoms in total. The zero-order chi connectivity index (χ0) is 12.0. The Morgan fingerprint density at radius 1 is 1.38 bits per heavy atom. The van der Waals surface area contributed by atoms with E-state index in [2.05, 4.69) is 19.2 Å². The Hall–Kier alpha value is -0.240. The van der Waals surface area contributed by atoms with Gasteiger partial charge in [0.25, 0.3) is 0 Å². The van der Waals surface area contributed by atoms with Crippen molar-refractivity contribution in [1.29, 1.82) is 0 Å². The second-order valence-electron chi connectivity index (χ2n) is 4.90. The number of rotatable bonds is 7. The van der Waals surface area contributed by atoms with Crippen molar-refractivity contribution in [3.8, 4) is 0 Å². The van der Waals surface area contributed by atoms with E-state index < -0.39 is 0 Å². The van der Waals surface area contributed by atoms with E-state index in [-0.39, 0.29) is 11.3 Å². The molecule has 1 aliphatic carbocycles. The fraction of sp³-hybridized carbons (Fsp3) is 0.923. The molecule has 0 spiro atoms. The molecule has 0 aliphatic heterocycles. The monoisotopic (exact) mass is 245 g/mol. The van der Waals surface area contributed by atoms with Gasteiger partial charge in [-0.1, -0.05) is 33.1 Å². The molecule has 1 amide bonds. The molecule has 1 aliphatic rings. The Bertz CT molecular complexity index is 212. The van der Waals surface area contributed by atoms with Crippen LogP contribution in [0.1, 0.15) is 52.4 Å². The van der Waals surface area contributed by atoms with Crippen molar-refractivity contribution < 1.29 is 4.79 Å². The number of alkyl halides is 1. The number of hydrogen-bond acceptors (Lipinski definition) is 1. The molecule has 0 aromatic heterocycles. The smallest absolute Gasteiger partial charge is 0.220 e. The molecule has 1 unspecified atom stereocenters. The van der Waals surface area contributed by atoms with Gasteiger partial charge in [-0.2, -0.15) is 0 Å². The van der Waals surface area contributed by atoms with Gasteiger partial charge in [-0.05, 0) is 24.7 Å². The van der Waals surface area contributed by atoms with Crippen molar-refractivity contribution >= 4 is 17.5 Å². The Labute approximate surface area is 104 Å². The third-order valence-electron chi connectivity index (χ3n) is 3.75. The van der Waals surface area contributed by atoms with Crippen LogP contribution in [0.4, 0.5) is 0 Å². The topological polar surface area (TPSA) is 29.1 Å². The summed E-state index contributed by atoms with van der Waals surface area (Å²) in [5.41, 5.74) is 0. The maximum atomic E-state index is 11.6. The number of carbonyl (C=O) groups excluding carboxylic acids is 1. The van der Waals surface area contributed by atoms with E-state index in [1.807, 2.05) is 0 Å². The number of halogens is 1. The van der Waals surface area contributed by atoms with Gasteiger partial charge in [-0.3, -0.25) is 4.79 Å². The molecule has 1 fully saturated rings. The van der Waals surface area contributed by atoms with Gasteiger partial charge >= 0.3 is 0 Å². The summed E-state index contributed by atoms with van der Waals surface area (Å²) in [7, 11) is 0. The molecule has 0 bridgehead atoms. The van der Waals surface area contributed by atoms with Gasteiger partial charge in [-0.15, -0.1) is 11.6 Å². The second-order valence-corrected chi connectivity index (χ2v) is 5.46. The summed E-state index contributed by atoms with van der Waals surface area (Å²) >= 11 is 6.26. The summed E-state index contributed by atoms with van der Waals surface area (Å²) in [6.07, 6.45) is 6.62. The fourth-order valence-corrected chi connectivity index (χ4v) is 2.64. The van der Waals surface area contributed by atoms with Crippen molar-refractivity contribution in [3.63, 3.8) is 0 Å². The Kier molecular flexibility index (Phi) is 6.18. The Morgan fingerprint density at radius 2 is 2.00 bits per heavy atom. The normalized spacial score (nSPS) is 18.2. The van der Waals surface area contributed by atoms with E-state index in [1.54, 1.807) is 0 Å². The highest BCUT2D eigenvalue weighted by molar-refractivity contribution is 6.21. The first kappa shape index (κ1) is 13.8. The van der Waals surface area contributed by atoms with Crippen LogP contribution in [0.2, 0.25) is 0 Å². The van der Waals surface area contributed by atoms with Crippen LogP contribution in [0.5, 0.6) is 0 Å². The number of hydrogen-bond donors (Lipinski definition) is 1. The first-order valence-corrected chi connectivity index (χ1v) is 7.01. The summed E-state index contributed by atoms with van der Waals surface area (Å²) in [4.78, 5) is 11.6. The van der Waals surface area contributed by atoms with Gasteiger partial charge in [0.1, 0.15) is 0 Å². The summed E-state index contributed by atoms with van der Waals surface area (Å²) in [6.45, 7) is 4.93. The minimum atomic E-state index is 0.0836. The van der Waals surface area contributed by atoms with Crippen LogP contribution >= 0.6 is 11.6 Å². The molecule has 1 N–H and O–H groups in total. The molecule has 0 saturated heterocycles. The highest BCUT2D eigenvalue weighted by atomic mass is 35.5. The minimum absolute atomic E-state index is 0.0836. The average molecular weight is 246 g/mol. The quantitative estimate of drug-likeness (QED) is 0.685. The molecule has 1 saturated carbocycles. The van der Waals surface area contributed by atoms with Crippen LogP contribution in [0.3, 0.4) is 0 Å². The standard InChI is InChI=1S/C13H24ClNO/c1-3-11(4-2)12(14)9-15-13(16)8-10-6-5-7-10/h10-12H,3-9H2,1-2H3,(H,15,16). The van der Waals surface area contributed by atoms with Gasteiger partial charge in [0.05, 0.1) is 5.38 Å². The van der Waals surface area contributed by atoms with Gasteiger partial charge in [-0.25, -0.2) is 0 Å². The summed E-state index contributed by atoms with van der Waals surface area (Å²) < 4.78 is 0. The fourth-order valence-electron chi connectivity index (χ4n) is 2.21. The molecule has 0 radical (unpaired) electrons. The first-order chi connectivity index (χ1) is 7.67. The predicted octanol–water partition coefficient (Wildman–Crippen LogP) is 3.34. The summed E-state index contributed by atoms with van der Waals surface area (Å²) in [6, 6.07) is 0. The molecule has 0 heterocycles. The van der Waals surface area contributed by atoms with Gasteiger partial charge in [0.15, 0.2) is 0 Å². The lowest BCUT2D eigenvalue weighted by atomic mass is 9.83. The van der Waals surface area contributed by atoms with E-state index in [4.69, 9.17) is 11.6 Å². The Balaban J connectivity index is 2.14. The SMILES string of the molecule is CCC(CC)C(Cl)CNC(=O)CC1CCC1. The largest absolute Gasteiger partial charge is 0.355 e. The van der Waals surface area contributed by atoms with Crippen LogP contribution in [0.15, 0.2) is 0 Å². The molecule has 3 heteroatoms. The van der Waals surface area contributed by atoms with Crippen LogP contribution < -0.4 is 5.32 Å². The highest BCUT2D eigenvalue weighted by Gasteiger charge is 2.21. The predicted molar refractivity (Wildman–Crippen MR) is 68.7 cm³/mol. The van der Waals surface area contributed by atoms with Crippen molar-refractivity contribution in [2.45, 2.75) is 57.7 Å². The van der Waals surface area contributed by atoms with Crippen molar-refractivity contribution in [2.75, 3.05) is 6.54 Å². The lowest BCUT2D eigenvalue weighted by Crippen LogP contribution is -2.34. The maximum absolute atomic E-state index is 11.6. The van der Waals surface area contributed by atoms with E-state index in [0.29, 0.717) is 24.8 Å². The number of amides is 1. The van der Waals surface area contributed by atoms with Crippen molar-refractivity contribution in [1.82, 2.24) is 5.32 Å². The van der Waals surface area contributed by atoms with E-state index in [9.17, 15) is 4.79 Å². The van der Waals surface area contributed by atoms with Crippen LogP contribution in [0, 0.1) is 11.8 Å². The highest BCUT2D eigenvalue weighted by Crippen LogP contribution is 2.29. The lowest BCUT2D eigenvalue weighted by molar-refractivity contribution is -0.122. The van der Waals surface area contributed by atoms with E-state index in [1.165, 1.54) is 19.3 Å². The van der Waals surface area contributed by atoms with Crippen LogP contribution in [0.25, 0.3) is 0 Å². The molecular formula is C13H24ClNO. The third-order valence-corrected chi connectivity index (χ3v) is 4.26.